The number of ether oxygens (including phenoxy) is 1. The van der Waals surface area contributed by atoms with E-state index >= 15 is 0 Å². The summed E-state index contributed by atoms with van der Waals surface area (Å²) >= 11 is 0. The molecule has 2 saturated heterocycles. The van der Waals surface area contributed by atoms with E-state index in [4.69, 9.17) is 4.74 Å². The van der Waals surface area contributed by atoms with Crippen LogP contribution in [0.5, 0.6) is 0 Å². The van der Waals surface area contributed by atoms with E-state index in [1.807, 2.05) is 0 Å². The fourth-order valence-corrected chi connectivity index (χ4v) is 3.07. The number of rotatable bonds is 4. The number of piperidine rings is 1. The summed E-state index contributed by atoms with van der Waals surface area (Å²) in [5.74, 6) is 1.33. The Morgan fingerprint density at radius 3 is 2.56 bits per heavy atom. The lowest BCUT2D eigenvalue weighted by Gasteiger charge is -2.35. The minimum Gasteiger partial charge on any atom is -0.380 e. The molecule has 2 heterocycles. The molecule has 18 heavy (non-hydrogen) atoms. The fraction of sp³-hybridized carbons (Fsp3) is 0.929. The fourth-order valence-electron chi connectivity index (χ4n) is 3.07. The normalized spacial score (nSPS) is 30.6. The van der Waals surface area contributed by atoms with Crippen molar-refractivity contribution in [3.05, 3.63) is 0 Å². The van der Waals surface area contributed by atoms with Crippen LogP contribution >= 0.6 is 0 Å². The highest BCUT2D eigenvalue weighted by molar-refractivity contribution is 5.80. The molecule has 1 amide bonds. The summed E-state index contributed by atoms with van der Waals surface area (Å²) in [6.45, 7) is 5.10. The summed E-state index contributed by atoms with van der Waals surface area (Å²) in [5, 5.41) is 3.12. The average molecular weight is 252 g/mol. The van der Waals surface area contributed by atoms with Gasteiger partial charge in [0.1, 0.15) is 0 Å². The first-order valence-electron chi connectivity index (χ1n) is 7.42. The number of carbonyl (C=O) groups is 1. The topological polar surface area (TPSA) is 41.6 Å². The minimum absolute atomic E-state index is 0.293. The van der Waals surface area contributed by atoms with Crippen molar-refractivity contribution in [1.82, 2.24) is 10.2 Å². The van der Waals surface area contributed by atoms with Crippen LogP contribution in [0, 0.1) is 11.8 Å². The molecule has 0 bridgehead atoms. The van der Waals surface area contributed by atoms with Crippen molar-refractivity contribution in [3.8, 4) is 0 Å². The summed E-state index contributed by atoms with van der Waals surface area (Å²) in [5.41, 5.74) is 0. The van der Waals surface area contributed by atoms with E-state index in [1.165, 1.54) is 32.4 Å². The van der Waals surface area contributed by atoms with Crippen molar-refractivity contribution in [2.24, 2.45) is 11.8 Å². The van der Waals surface area contributed by atoms with Crippen LogP contribution < -0.4 is 5.32 Å². The van der Waals surface area contributed by atoms with Crippen LogP contribution in [0.4, 0.5) is 0 Å². The van der Waals surface area contributed by atoms with E-state index in [0.29, 0.717) is 23.8 Å². The Bertz CT molecular complexity index is 290. The van der Waals surface area contributed by atoms with Gasteiger partial charge >= 0.3 is 0 Å². The van der Waals surface area contributed by atoms with Gasteiger partial charge < -0.3 is 10.1 Å². The number of amides is 1. The Kier molecular flexibility index (Phi) is 3.85. The second-order valence-electron chi connectivity index (χ2n) is 6.02. The summed E-state index contributed by atoms with van der Waals surface area (Å²) < 4.78 is 5.45. The van der Waals surface area contributed by atoms with Gasteiger partial charge in [-0.3, -0.25) is 9.69 Å². The molecule has 3 rings (SSSR count). The van der Waals surface area contributed by atoms with Crippen LogP contribution in [0.3, 0.4) is 0 Å². The summed E-state index contributed by atoms with van der Waals surface area (Å²) in [7, 11) is 0. The molecule has 2 aliphatic heterocycles. The van der Waals surface area contributed by atoms with E-state index in [9.17, 15) is 4.79 Å². The van der Waals surface area contributed by atoms with Crippen molar-refractivity contribution >= 4 is 5.91 Å². The van der Waals surface area contributed by atoms with Gasteiger partial charge in [0.2, 0.25) is 5.91 Å². The van der Waals surface area contributed by atoms with Crippen LogP contribution in [0.1, 0.15) is 32.1 Å². The lowest BCUT2D eigenvalue weighted by Crippen LogP contribution is -2.44. The van der Waals surface area contributed by atoms with Crippen LogP contribution in [0.2, 0.25) is 0 Å². The third-order valence-corrected chi connectivity index (χ3v) is 4.58. The Morgan fingerprint density at radius 2 is 1.94 bits per heavy atom. The van der Waals surface area contributed by atoms with Gasteiger partial charge in [-0.25, -0.2) is 0 Å². The molecule has 4 nitrogen and oxygen atoms in total. The van der Waals surface area contributed by atoms with E-state index in [0.717, 1.165) is 32.6 Å². The van der Waals surface area contributed by atoms with Gasteiger partial charge in [-0.15, -0.1) is 0 Å². The third kappa shape index (κ3) is 3.04. The SMILES string of the molecule is O=C(NCC1CCN([C@@H]2CCOC2)CC1)C1CC1. The van der Waals surface area contributed by atoms with Gasteiger partial charge in [-0.1, -0.05) is 0 Å². The molecule has 0 radical (unpaired) electrons. The predicted molar refractivity (Wildman–Crippen MR) is 69.3 cm³/mol. The molecule has 3 aliphatic rings. The van der Waals surface area contributed by atoms with Gasteiger partial charge in [-0.05, 0) is 51.1 Å². The molecular formula is C14H24N2O2. The zero-order valence-corrected chi connectivity index (χ0v) is 11.1. The lowest BCUT2D eigenvalue weighted by atomic mass is 9.95. The Labute approximate surface area is 109 Å². The molecule has 1 atom stereocenters. The maximum atomic E-state index is 11.6. The van der Waals surface area contributed by atoms with E-state index in [1.54, 1.807) is 0 Å². The largest absolute Gasteiger partial charge is 0.380 e. The molecule has 0 aromatic carbocycles. The molecule has 0 aromatic rings. The molecule has 1 saturated carbocycles. The molecule has 3 fully saturated rings. The molecule has 102 valence electrons. The highest BCUT2D eigenvalue weighted by Gasteiger charge is 2.31. The van der Waals surface area contributed by atoms with Crippen LogP contribution in [-0.2, 0) is 9.53 Å². The van der Waals surface area contributed by atoms with Gasteiger partial charge in [0.15, 0.2) is 0 Å². The van der Waals surface area contributed by atoms with Crippen LogP contribution in [-0.4, -0.2) is 49.7 Å². The first-order valence-corrected chi connectivity index (χ1v) is 7.42. The van der Waals surface area contributed by atoms with E-state index < -0.39 is 0 Å². The Hall–Kier alpha value is -0.610. The highest BCUT2D eigenvalue weighted by atomic mass is 16.5. The number of carbonyl (C=O) groups excluding carboxylic acids is 1. The molecule has 1 aliphatic carbocycles. The van der Waals surface area contributed by atoms with Crippen molar-refractivity contribution in [2.75, 3.05) is 32.8 Å². The van der Waals surface area contributed by atoms with Crippen molar-refractivity contribution in [3.63, 3.8) is 0 Å². The molecule has 4 heteroatoms. The summed E-state index contributed by atoms with van der Waals surface area (Å²) in [6, 6.07) is 0.659. The quantitative estimate of drug-likeness (QED) is 0.812. The zero-order chi connectivity index (χ0) is 12.4. The maximum Gasteiger partial charge on any atom is 0.223 e. The summed E-state index contributed by atoms with van der Waals surface area (Å²) in [4.78, 5) is 14.2. The van der Waals surface area contributed by atoms with Crippen molar-refractivity contribution in [2.45, 2.75) is 38.1 Å². The van der Waals surface area contributed by atoms with Crippen LogP contribution in [0.15, 0.2) is 0 Å². The maximum absolute atomic E-state index is 11.6. The molecular weight excluding hydrogens is 228 g/mol. The zero-order valence-electron chi connectivity index (χ0n) is 11.1. The smallest absolute Gasteiger partial charge is 0.223 e. The summed E-state index contributed by atoms with van der Waals surface area (Å²) in [6.07, 6.45) is 5.85. The van der Waals surface area contributed by atoms with E-state index in [2.05, 4.69) is 10.2 Å². The number of likely N-dealkylation sites (tertiary alicyclic amines) is 1. The second kappa shape index (κ2) is 5.57. The Balaban J connectivity index is 1.35. The van der Waals surface area contributed by atoms with Gasteiger partial charge in [0.05, 0.1) is 6.61 Å². The molecule has 0 aromatic heterocycles. The predicted octanol–water partition coefficient (Wildman–Crippen LogP) is 1.01. The number of nitrogens with one attached hydrogen (secondary N) is 1. The molecule has 0 unspecified atom stereocenters. The number of hydrogen-bond acceptors (Lipinski definition) is 3. The van der Waals surface area contributed by atoms with Gasteiger partial charge in [0.25, 0.3) is 0 Å². The van der Waals surface area contributed by atoms with Crippen LogP contribution in [0.25, 0.3) is 0 Å². The number of nitrogens with zero attached hydrogens (tertiary/aromatic N) is 1. The molecule has 1 N–H and O–H groups in total. The third-order valence-electron chi connectivity index (χ3n) is 4.58. The standard InChI is InChI=1S/C14H24N2O2/c17-14(12-1-2-12)15-9-11-3-6-16(7-4-11)13-5-8-18-10-13/h11-13H,1-10H2,(H,15,17)/t13-/m1/s1. The Morgan fingerprint density at radius 1 is 1.17 bits per heavy atom. The van der Waals surface area contributed by atoms with Gasteiger partial charge in [0, 0.05) is 25.1 Å². The molecule has 0 spiro atoms. The van der Waals surface area contributed by atoms with Crippen molar-refractivity contribution in [1.29, 1.82) is 0 Å². The highest BCUT2D eigenvalue weighted by Crippen LogP contribution is 2.29. The first-order chi connectivity index (χ1) is 8.83. The monoisotopic (exact) mass is 252 g/mol. The first kappa shape index (κ1) is 12.4. The van der Waals surface area contributed by atoms with E-state index in [-0.39, 0.29) is 0 Å². The number of hydrogen-bond donors (Lipinski definition) is 1. The lowest BCUT2D eigenvalue weighted by molar-refractivity contribution is -0.122. The van der Waals surface area contributed by atoms with Gasteiger partial charge in [-0.2, -0.15) is 0 Å². The minimum atomic E-state index is 0.293. The average Bonchev–Trinajstić information content (AvgIpc) is 3.12. The second-order valence-corrected chi connectivity index (χ2v) is 6.02. The van der Waals surface area contributed by atoms with Crippen molar-refractivity contribution < 1.29 is 9.53 Å².